The number of aryl methyl sites for hydroxylation is 2. The van der Waals surface area contributed by atoms with Crippen molar-refractivity contribution >= 4 is 11.6 Å². The molecule has 1 amide bonds. The molecule has 3 nitrogen and oxygen atoms in total. The summed E-state index contributed by atoms with van der Waals surface area (Å²) >= 11 is 0. The van der Waals surface area contributed by atoms with E-state index < -0.39 is 0 Å². The third-order valence-corrected chi connectivity index (χ3v) is 3.87. The van der Waals surface area contributed by atoms with E-state index in [-0.39, 0.29) is 11.9 Å². The number of benzene rings is 1. The molecule has 1 aromatic rings. The Labute approximate surface area is 115 Å². The molecule has 0 aromatic heterocycles. The highest BCUT2D eigenvalue weighted by Gasteiger charge is 2.21. The van der Waals surface area contributed by atoms with Crippen LogP contribution in [0.4, 0.5) is 5.69 Å². The zero-order valence-electron chi connectivity index (χ0n) is 12.0. The number of carbonyl (C=O) groups excluding carboxylic acids is 1. The highest BCUT2D eigenvalue weighted by molar-refractivity contribution is 5.96. The molecule has 0 radical (unpaired) electrons. The highest BCUT2D eigenvalue weighted by atomic mass is 16.2. The second-order valence-electron chi connectivity index (χ2n) is 5.15. The van der Waals surface area contributed by atoms with E-state index in [0.29, 0.717) is 0 Å². The van der Waals surface area contributed by atoms with Crippen molar-refractivity contribution in [2.75, 3.05) is 11.9 Å². The maximum absolute atomic E-state index is 12.3. The number of para-hydroxylation sites is 1. The number of hydrogen-bond donors (Lipinski definition) is 2. The number of anilines is 1. The lowest BCUT2D eigenvalue weighted by Gasteiger charge is -2.24. The molecule has 1 atom stereocenters. The average molecular weight is 260 g/mol. The zero-order chi connectivity index (χ0) is 13.7. The molecule has 1 aromatic carbocycles. The molecule has 2 rings (SSSR count). The van der Waals surface area contributed by atoms with Crippen molar-refractivity contribution in [1.29, 1.82) is 0 Å². The Morgan fingerprint density at radius 3 is 2.47 bits per heavy atom. The summed E-state index contributed by atoms with van der Waals surface area (Å²) in [7, 11) is 0. The predicted molar refractivity (Wildman–Crippen MR) is 79.5 cm³/mol. The smallest absolute Gasteiger partial charge is 0.241 e. The Balaban J connectivity index is 2.15. The van der Waals surface area contributed by atoms with Gasteiger partial charge in [-0.05, 0) is 43.4 Å². The molecule has 1 fully saturated rings. The van der Waals surface area contributed by atoms with Crippen molar-refractivity contribution in [3.05, 3.63) is 29.3 Å². The molecule has 19 heavy (non-hydrogen) atoms. The molecule has 2 N–H and O–H groups in total. The van der Waals surface area contributed by atoms with Gasteiger partial charge in [-0.3, -0.25) is 4.79 Å². The van der Waals surface area contributed by atoms with Gasteiger partial charge in [-0.25, -0.2) is 0 Å². The number of piperidine rings is 1. The average Bonchev–Trinajstić information content (AvgIpc) is 2.48. The third kappa shape index (κ3) is 3.35. The molecule has 1 heterocycles. The van der Waals surface area contributed by atoms with Gasteiger partial charge < -0.3 is 10.6 Å². The normalized spacial score (nSPS) is 19.2. The number of rotatable bonds is 4. The van der Waals surface area contributed by atoms with Crippen LogP contribution in [0.3, 0.4) is 0 Å². The van der Waals surface area contributed by atoms with Crippen molar-refractivity contribution in [1.82, 2.24) is 5.32 Å². The Morgan fingerprint density at radius 1 is 1.26 bits per heavy atom. The number of amides is 1. The van der Waals surface area contributed by atoms with Crippen molar-refractivity contribution < 1.29 is 4.79 Å². The highest BCUT2D eigenvalue weighted by Crippen LogP contribution is 2.23. The van der Waals surface area contributed by atoms with E-state index >= 15 is 0 Å². The summed E-state index contributed by atoms with van der Waals surface area (Å²) in [6, 6.07) is 6.25. The predicted octanol–water partition coefficient (Wildman–Crippen LogP) is 2.89. The second kappa shape index (κ2) is 6.71. The Kier molecular flexibility index (Phi) is 4.97. The van der Waals surface area contributed by atoms with Crippen LogP contribution in [0.15, 0.2) is 18.2 Å². The summed E-state index contributed by atoms with van der Waals surface area (Å²) in [5, 5.41) is 6.45. The standard InChI is InChI=1S/C16H24N2O/c1-3-12-8-7-9-13(4-2)15(12)18-16(19)14-10-5-6-11-17-14/h7-9,14,17H,3-6,10-11H2,1-2H3,(H,18,19)/t14-/m1/s1. The first-order chi connectivity index (χ1) is 9.26. The summed E-state index contributed by atoms with van der Waals surface area (Å²) in [6.45, 7) is 5.21. The monoisotopic (exact) mass is 260 g/mol. The maximum Gasteiger partial charge on any atom is 0.241 e. The zero-order valence-corrected chi connectivity index (χ0v) is 12.0. The van der Waals surface area contributed by atoms with E-state index in [9.17, 15) is 4.79 Å². The molecule has 0 unspecified atom stereocenters. The van der Waals surface area contributed by atoms with Crippen LogP contribution in [0.1, 0.15) is 44.2 Å². The largest absolute Gasteiger partial charge is 0.324 e. The minimum atomic E-state index is -0.0247. The second-order valence-corrected chi connectivity index (χ2v) is 5.15. The van der Waals surface area contributed by atoms with Gasteiger partial charge in [-0.2, -0.15) is 0 Å². The van der Waals surface area contributed by atoms with Crippen LogP contribution in [-0.2, 0) is 17.6 Å². The first-order valence-corrected chi connectivity index (χ1v) is 7.41. The summed E-state index contributed by atoms with van der Waals surface area (Å²) in [4.78, 5) is 12.3. The fraction of sp³-hybridized carbons (Fsp3) is 0.562. The molecule has 1 saturated heterocycles. The van der Waals surface area contributed by atoms with Crippen molar-refractivity contribution in [2.24, 2.45) is 0 Å². The van der Waals surface area contributed by atoms with Gasteiger partial charge in [-0.15, -0.1) is 0 Å². The topological polar surface area (TPSA) is 41.1 Å². The maximum atomic E-state index is 12.3. The SMILES string of the molecule is CCc1cccc(CC)c1NC(=O)[C@H]1CCCCN1. The molecule has 0 saturated carbocycles. The van der Waals surface area contributed by atoms with Crippen LogP contribution < -0.4 is 10.6 Å². The number of hydrogen-bond acceptors (Lipinski definition) is 2. The summed E-state index contributed by atoms with van der Waals surface area (Å²) in [6.07, 6.45) is 5.15. The van der Waals surface area contributed by atoms with Crippen molar-refractivity contribution in [3.63, 3.8) is 0 Å². The van der Waals surface area contributed by atoms with E-state index in [4.69, 9.17) is 0 Å². The van der Waals surface area contributed by atoms with Gasteiger partial charge in [0.15, 0.2) is 0 Å². The quantitative estimate of drug-likeness (QED) is 0.874. The van der Waals surface area contributed by atoms with Crippen LogP contribution in [0.25, 0.3) is 0 Å². The summed E-state index contributed by atoms with van der Waals surface area (Å²) < 4.78 is 0. The molecule has 3 heteroatoms. The first-order valence-electron chi connectivity index (χ1n) is 7.41. The fourth-order valence-electron chi connectivity index (χ4n) is 2.69. The van der Waals surface area contributed by atoms with Gasteiger partial charge in [0.1, 0.15) is 0 Å². The Morgan fingerprint density at radius 2 is 1.95 bits per heavy atom. The Bertz CT molecular complexity index is 414. The van der Waals surface area contributed by atoms with Crippen molar-refractivity contribution in [2.45, 2.75) is 52.0 Å². The van der Waals surface area contributed by atoms with Gasteiger partial charge in [0, 0.05) is 5.69 Å². The minimum Gasteiger partial charge on any atom is -0.324 e. The van der Waals surface area contributed by atoms with Crippen LogP contribution in [-0.4, -0.2) is 18.5 Å². The molecule has 0 spiro atoms. The van der Waals surface area contributed by atoms with E-state index in [0.717, 1.165) is 37.9 Å². The molecule has 1 aliphatic heterocycles. The lowest BCUT2D eigenvalue weighted by molar-refractivity contribution is -0.118. The van der Waals surface area contributed by atoms with Gasteiger partial charge in [0.2, 0.25) is 5.91 Å². The lowest BCUT2D eigenvalue weighted by atomic mass is 10.0. The molecule has 0 bridgehead atoms. The van der Waals surface area contributed by atoms with Crippen LogP contribution in [0, 0.1) is 0 Å². The van der Waals surface area contributed by atoms with Gasteiger partial charge in [0.25, 0.3) is 0 Å². The first kappa shape index (κ1) is 14.1. The van der Waals surface area contributed by atoms with E-state index in [2.05, 4.69) is 42.7 Å². The van der Waals surface area contributed by atoms with Crippen LogP contribution >= 0.6 is 0 Å². The third-order valence-electron chi connectivity index (χ3n) is 3.87. The minimum absolute atomic E-state index is 0.0247. The van der Waals surface area contributed by atoms with E-state index in [1.165, 1.54) is 17.5 Å². The molecule has 104 valence electrons. The van der Waals surface area contributed by atoms with Gasteiger partial charge in [0.05, 0.1) is 6.04 Å². The molecular formula is C16H24N2O. The van der Waals surface area contributed by atoms with E-state index in [1.54, 1.807) is 0 Å². The van der Waals surface area contributed by atoms with E-state index in [1.807, 2.05) is 0 Å². The molecule has 0 aliphatic carbocycles. The number of nitrogens with one attached hydrogen (secondary N) is 2. The van der Waals surface area contributed by atoms with Gasteiger partial charge >= 0.3 is 0 Å². The van der Waals surface area contributed by atoms with Crippen LogP contribution in [0.2, 0.25) is 0 Å². The fourth-order valence-corrected chi connectivity index (χ4v) is 2.69. The number of carbonyl (C=O) groups is 1. The van der Waals surface area contributed by atoms with Crippen LogP contribution in [0.5, 0.6) is 0 Å². The van der Waals surface area contributed by atoms with Gasteiger partial charge in [-0.1, -0.05) is 38.5 Å². The summed E-state index contributed by atoms with van der Waals surface area (Å²) in [5.41, 5.74) is 3.48. The molecular weight excluding hydrogens is 236 g/mol. The van der Waals surface area contributed by atoms with Crippen molar-refractivity contribution in [3.8, 4) is 0 Å². The Hall–Kier alpha value is -1.35. The summed E-state index contributed by atoms with van der Waals surface area (Å²) in [5.74, 6) is 0.121. The lowest BCUT2D eigenvalue weighted by Crippen LogP contribution is -2.43. The molecule has 1 aliphatic rings.